The van der Waals surface area contributed by atoms with Gasteiger partial charge in [0.25, 0.3) is 5.69 Å². The monoisotopic (exact) mass is 400 g/mol. The topological polar surface area (TPSA) is 105 Å². The van der Waals surface area contributed by atoms with Gasteiger partial charge in [-0.05, 0) is 30.3 Å². The first-order valence-corrected chi connectivity index (χ1v) is 10.2. The van der Waals surface area contributed by atoms with Crippen molar-refractivity contribution in [1.82, 2.24) is 9.29 Å². The molecular weight excluding hydrogens is 380 g/mol. The van der Waals surface area contributed by atoms with E-state index in [9.17, 15) is 18.5 Å². The van der Waals surface area contributed by atoms with Gasteiger partial charge in [0.2, 0.25) is 10.0 Å². The van der Waals surface area contributed by atoms with Crippen molar-refractivity contribution in [1.29, 1.82) is 0 Å². The minimum atomic E-state index is -3.58. The first kappa shape index (κ1) is 19.7. The number of hydrogen-bond acceptors (Lipinski definition) is 6. The molecule has 1 aromatic heterocycles. The number of benzene rings is 2. The van der Waals surface area contributed by atoms with Crippen LogP contribution in [-0.4, -0.2) is 42.3 Å². The third-order valence-electron chi connectivity index (χ3n) is 4.35. The largest absolute Gasteiger partial charge is 0.382 e. The van der Waals surface area contributed by atoms with Crippen LogP contribution >= 0.6 is 0 Å². The van der Waals surface area contributed by atoms with E-state index in [4.69, 9.17) is 0 Å². The van der Waals surface area contributed by atoms with Crippen LogP contribution in [0.3, 0.4) is 0 Å². The number of rotatable bonds is 8. The van der Waals surface area contributed by atoms with E-state index in [1.54, 1.807) is 61.7 Å². The number of hydrogen-bond donors (Lipinski definition) is 1. The fourth-order valence-corrected chi connectivity index (χ4v) is 4.44. The Labute approximate surface area is 163 Å². The van der Waals surface area contributed by atoms with Gasteiger partial charge >= 0.3 is 0 Å². The second-order valence-corrected chi connectivity index (χ2v) is 7.96. The summed E-state index contributed by atoms with van der Waals surface area (Å²) >= 11 is 0. The van der Waals surface area contributed by atoms with E-state index in [0.717, 1.165) is 0 Å². The van der Waals surface area contributed by atoms with Crippen LogP contribution in [0.4, 0.5) is 11.4 Å². The molecule has 146 valence electrons. The van der Waals surface area contributed by atoms with Gasteiger partial charge in [0.1, 0.15) is 5.52 Å². The highest BCUT2D eigenvalue weighted by Gasteiger charge is 2.22. The third kappa shape index (κ3) is 3.95. The van der Waals surface area contributed by atoms with Crippen LogP contribution in [0.2, 0.25) is 0 Å². The number of non-ortho nitro benzene ring substituents is 1. The van der Waals surface area contributed by atoms with Crippen LogP contribution in [0.1, 0.15) is 6.92 Å². The Balaban J connectivity index is 1.78. The van der Waals surface area contributed by atoms with E-state index in [1.807, 2.05) is 0 Å². The van der Waals surface area contributed by atoms with E-state index in [1.165, 1.54) is 10.4 Å². The van der Waals surface area contributed by atoms with E-state index < -0.39 is 14.9 Å². The number of fused-ring (bicyclic) bond motifs is 1. The van der Waals surface area contributed by atoms with Gasteiger partial charge in [-0.3, -0.25) is 15.1 Å². The number of nitro groups is 1. The van der Waals surface area contributed by atoms with Gasteiger partial charge in [-0.2, -0.15) is 4.31 Å². The second kappa shape index (κ2) is 8.32. The zero-order valence-electron chi connectivity index (χ0n) is 15.3. The molecule has 2 aromatic carbocycles. The van der Waals surface area contributed by atoms with Crippen molar-refractivity contribution >= 4 is 32.3 Å². The van der Waals surface area contributed by atoms with Gasteiger partial charge in [0.15, 0.2) is 0 Å². The first-order chi connectivity index (χ1) is 13.4. The molecule has 0 aliphatic heterocycles. The number of nitrogens with one attached hydrogen (secondary N) is 1. The number of anilines is 1. The molecule has 9 heteroatoms. The highest BCUT2D eigenvalue weighted by atomic mass is 32.2. The number of sulfonamides is 1. The molecule has 0 radical (unpaired) electrons. The van der Waals surface area contributed by atoms with Gasteiger partial charge in [0, 0.05) is 31.9 Å². The summed E-state index contributed by atoms with van der Waals surface area (Å²) in [6, 6.07) is 14.6. The predicted molar refractivity (Wildman–Crippen MR) is 108 cm³/mol. The Morgan fingerprint density at radius 1 is 1.11 bits per heavy atom. The SMILES string of the molecule is CCN(CCNc1ccc([N+](=O)[O-])c2cccnc12)S(=O)(=O)c1ccccc1. The molecule has 8 nitrogen and oxygen atoms in total. The zero-order chi connectivity index (χ0) is 20.1. The molecule has 0 unspecified atom stereocenters. The molecule has 0 fully saturated rings. The Morgan fingerprint density at radius 3 is 2.54 bits per heavy atom. The normalized spacial score (nSPS) is 11.6. The maximum atomic E-state index is 12.7. The average molecular weight is 400 g/mol. The lowest BCUT2D eigenvalue weighted by atomic mass is 10.1. The summed E-state index contributed by atoms with van der Waals surface area (Å²) < 4.78 is 26.9. The molecule has 0 saturated heterocycles. The summed E-state index contributed by atoms with van der Waals surface area (Å²) in [4.78, 5) is 15.2. The van der Waals surface area contributed by atoms with Crippen LogP contribution in [0.5, 0.6) is 0 Å². The lowest BCUT2D eigenvalue weighted by molar-refractivity contribution is -0.383. The van der Waals surface area contributed by atoms with Crippen LogP contribution in [0.15, 0.2) is 65.7 Å². The third-order valence-corrected chi connectivity index (χ3v) is 6.34. The molecule has 0 aliphatic carbocycles. The molecular formula is C19H20N4O4S. The fourth-order valence-electron chi connectivity index (χ4n) is 2.96. The maximum Gasteiger partial charge on any atom is 0.278 e. The summed E-state index contributed by atoms with van der Waals surface area (Å²) in [5.74, 6) is 0. The lowest BCUT2D eigenvalue weighted by Crippen LogP contribution is -2.34. The van der Waals surface area contributed by atoms with Crippen molar-refractivity contribution < 1.29 is 13.3 Å². The minimum absolute atomic E-state index is 0.0181. The van der Waals surface area contributed by atoms with Gasteiger partial charge < -0.3 is 5.32 Å². The van der Waals surface area contributed by atoms with Gasteiger partial charge in [-0.1, -0.05) is 25.1 Å². The molecule has 1 heterocycles. The molecule has 0 atom stereocenters. The fraction of sp³-hybridized carbons (Fsp3) is 0.211. The van der Waals surface area contributed by atoms with Crippen LogP contribution in [-0.2, 0) is 10.0 Å². The van der Waals surface area contributed by atoms with Crippen molar-refractivity contribution in [3.05, 3.63) is 70.9 Å². The lowest BCUT2D eigenvalue weighted by Gasteiger charge is -2.21. The average Bonchev–Trinajstić information content (AvgIpc) is 2.71. The highest BCUT2D eigenvalue weighted by molar-refractivity contribution is 7.89. The standard InChI is InChI=1S/C19H20N4O4S/c1-2-22(28(26,27)15-7-4-3-5-8-15)14-13-20-17-10-11-18(23(24)25)16-9-6-12-21-19(16)17/h3-12,20H,2,13-14H2,1H3. The predicted octanol–water partition coefficient (Wildman–Crippen LogP) is 3.27. The van der Waals surface area contributed by atoms with Crippen LogP contribution in [0.25, 0.3) is 10.9 Å². The molecule has 1 N–H and O–H groups in total. The Bertz CT molecular complexity index is 1090. The van der Waals surface area contributed by atoms with Crippen molar-refractivity contribution in [2.45, 2.75) is 11.8 Å². The minimum Gasteiger partial charge on any atom is -0.382 e. The van der Waals surface area contributed by atoms with Crippen molar-refractivity contribution in [3.8, 4) is 0 Å². The molecule has 0 amide bonds. The van der Waals surface area contributed by atoms with Crippen molar-refractivity contribution in [2.24, 2.45) is 0 Å². The zero-order valence-corrected chi connectivity index (χ0v) is 16.1. The molecule has 0 aliphatic rings. The van der Waals surface area contributed by atoms with Gasteiger partial charge in [-0.25, -0.2) is 8.42 Å². The number of likely N-dealkylation sites (N-methyl/N-ethyl adjacent to an activating group) is 1. The van der Waals surface area contributed by atoms with Crippen molar-refractivity contribution in [3.63, 3.8) is 0 Å². The van der Waals surface area contributed by atoms with E-state index in [2.05, 4.69) is 10.3 Å². The number of aromatic nitrogens is 1. The highest BCUT2D eigenvalue weighted by Crippen LogP contribution is 2.29. The summed E-state index contributed by atoms with van der Waals surface area (Å²) in [5.41, 5.74) is 1.08. The maximum absolute atomic E-state index is 12.7. The Hall–Kier alpha value is -3.04. The van der Waals surface area contributed by atoms with Gasteiger partial charge in [0.05, 0.1) is 20.9 Å². The smallest absolute Gasteiger partial charge is 0.278 e. The number of nitro benzene ring substituents is 1. The Morgan fingerprint density at radius 2 is 1.86 bits per heavy atom. The van der Waals surface area contributed by atoms with Gasteiger partial charge in [-0.15, -0.1) is 0 Å². The summed E-state index contributed by atoms with van der Waals surface area (Å²) in [7, 11) is -3.58. The van der Waals surface area contributed by atoms with Crippen molar-refractivity contribution in [2.75, 3.05) is 25.0 Å². The van der Waals surface area contributed by atoms with E-state index >= 15 is 0 Å². The Kier molecular flexibility index (Phi) is 5.86. The number of nitrogens with zero attached hydrogens (tertiary/aromatic N) is 3. The molecule has 0 bridgehead atoms. The van der Waals surface area contributed by atoms with Crippen LogP contribution < -0.4 is 5.32 Å². The molecule has 28 heavy (non-hydrogen) atoms. The first-order valence-electron chi connectivity index (χ1n) is 8.76. The molecule has 0 spiro atoms. The summed E-state index contributed by atoms with van der Waals surface area (Å²) in [6.45, 7) is 2.70. The molecule has 3 rings (SSSR count). The molecule has 3 aromatic rings. The molecule has 0 saturated carbocycles. The van der Waals surface area contributed by atoms with Crippen LogP contribution in [0, 0.1) is 10.1 Å². The van der Waals surface area contributed by atoms with E-state index in [-0.39, 0.29) is 17.1 Å². The van der Waals surface area contributed by atoms with E-state index in [0.29, 0.717) is 29.7 Å². The number of pyridine rings is 1. The summed E-state index contributed by atoms with van der Waals surface area (Å²) in [6.07, 6.45) is 1.56. The summed E-state index contributed by atoms with van der Waals surface area (Å²) in [5, 5.41) is 14.8. The quantitative estimate of drug-likeness (QED) is 0.460. The second-order valence-electron chi connectivity index (χ2n) is 6.03.